The summed E-state index contributed by atoms with van der Waals surface area (Å²) in [6.45, 7) is 6.29. The topological polar surface area (TPSA) is 158 Å². The van der Waals surface area contributed by atoms with Crippen molar-refractivity contribution in [3.05, 3.63) is 63.4 Å². The highest BCUT2D eigenvalue weighted by Crippen LogP contribution is 2.45. The summed E-state index contributed by atoms with van der Waals surface area (Å²) in [7, 11) is -2.35. The van der Waals surface area contributed by atoms with Crippen LogP contribution in [0.4, 0.5) is 0 Å². The fourth-order valence-electron chi connectivity index (χ4n) is 2.50. The molecule has 204 valence electrons. The smallest absolute Gasteiger partial charge is 0.459 e. The Labute approximate surface area is 215 Å². The number of benzene rings is 1. The number of esters is 1. The van der Waals surface area contributed by atoms with Gasteiger partial charge in [0.25, 0.3) is 5.56 Å². The van der Waals surface area contributed by atoms with Crippen LogP contribution in [-0.4, -0.2) is 52.6 Å². The van der Waals surface area contributed by atoms with E-state index in [1.165, 1.54) is 20.2 Å². The van der Waals surface area contributed by atoms with E-state index in [1.54, 1.807) is 51.1 Å². The normalized spacial score (nSPS) is 13.7. The lowest BCUT2D eigenvalue weighted by atomic mass is 10.3. The fourth-order valence-corrected chi connectivity index (χ4v) is 4.02. The fraction of sp³-hybridized carbons (Fsp3) is 0.458. The highest BCUT2D eigenvalue weighted by molar-refractivity contribution is 7.52. The summed E-state index contributed by atoms with van der Waals surface area (Å²) in [5.74, 6) is 5.45. The maximum absolute atomic E-state index is 13.2. The number of aromatic amines is 1. The molecule has 0 saturated heterocycles. The number of nitrogens with one attached hydrogen (secondary N) is 2. The average molecular weight is 540 g/mol. The van der Waals surface area contributed by atoms with Crippen molar-refractivity contribution in [3.63, 3.8) is 0 Å². The van der Waals surface area contributed by atoms with Crippen molar-refractivity contribution in [2.45, 2.75) is 59.1 Å². The van der Waals surface area contributed by atoms with Crippen LogP contribution in [0.15, 0.2) is 52.2 Å². The lowest BCUT2D eigenvalue weighted by Gasteiger charge is -2.24. The van der Waals surface area contributed by atoms with Crippen molar-refractivity contribution < 1.29 is 33.0 Å². The molecule has 0 aliphatic carbocycles. The highest BCUT2D eigenvalue weighted by atomic mass is 31.2. The molecule has 12 nitrogen and oxygen atoms in total. The van der Waals surface area contributed by atoms with Gasteiger partial charge < -0.3 is 19.1 Å². The predicted octanol–water partition coefficient (Wildman–Crippen LogP) is 2.03. The summed E-state index contributed by atoms with van der Waals surface area (Å²) in [5, 5.41) is 11.1. The van der Waals surface area contributed by atoms with E-state index in [0.717, 1.165) is 10.6 Å². The van der Waals surface area contributed by atoms with Gasteiger partial charge in [-0.3, -0.25) is 23.7 Å². The van der Waals surface area contributed by atoms with Gasteiger partial charge in [0, 0.05) is 25.8 Å². The standard InChI is InChI=1S/C19H28NO6P.C5H6N2O3/c1-6-7-11-18(23-5)14-24-27(22,26-17-12-9-8-10-13-17)20-16(4)19(21)25-15(2)3;8-3-7-2-1-4(9)6-5(7)10/h8-10,12-13,15-16,18H,11,14H2,1-5H3,(H,20,22);1-2,8H,3H2,(H,6,9,10)/t16-,18-,27?;/m0./s1. The monoisotopic (exact) mass is 539 g/mol. The Morgan fingerprint density at radius 1 is 1.19 bits per heavy atom. The third-order valence-electron chi connectivity index (χ3n) is 4.35. The molecule has 0 amide bonds. The number of carbonyl (C=O) groups excluding carboxylic acids is 1. The average Bonchev–Trinajstić information content (AvgIpc) is 2.85. The van der Waals surface area contributed by atoms with Gasteiger partial charge in [0.2, 0.25) is 0 Å². The Kier molecular flexibility index (Phi) is 14.2. The van der Waals surface area contributed by atoms with Gasteiger partial charge in [-0.1, -0.05) is 18.2 Å². The third-order valence-corrected chi connectivity index (χ3v) is 5.99. The van der Waals surface area contributed by atoms with Crippen LogP contribution in [0.1, 0.15) is 34.1 Å². The zero-order valence-electron chi connectivity index (χ0n) is 21.5. The van der Waals surface area contributed by atoms with Gasteiger partial charge >= 0.3 is 19.4 Å². The molecule has 0 aliphatic heterocycles. The number of aromatic nitrogens is 2. The van der Waals surface area contributed by atoms with Gasteiger partial charge in [0.15, 0.2) is 0 Å². The molecule has 13 heteroatoms. The minimum absolute atomic E-state index is 0.0196. The number of carbonyl (C=O) groups is 1. The third kappa shape index (κ3) is 12.5. The summed E-state index contributed by atoms with van der Waals surface area (Å²) in [4.78, 5) is 35.1. The SMILES string of the molecule is CC#CC[C@@H](COP(=O)(N[C@@H](C)C(=O)OC(C)C)Oc1ccccc1)OC.O=c1ccn(CO)c(=O)[nH]1. The van der Waals surface area contributed by atoms with Crippen LogP contribution in [0.3, 0.4) is 0 Å². The molecule has 1 aromatic carbocycles. The van der Waals surface area contributed by atoms with E-state index in [0.29, 0.717) is 12.2 Å². The number of hydrogen-bond donors (Lipinski definition) is 3. The van der Waals surface area contributed by atoms with Gasteiger partial charge in [-0.15, -0.1) is 11.8 Å². The number of ether oxygens (including phenoxy) is 2. The number of hydrogen-bond acceptors (Lipinski definition) is 9. The Morgan fingerprint density at radius 3 is 2.41 bits per heavy atom. The van der Waals surface area contributed by atoms with E-state index in [2.05, 4.69) is 16.9 Å². The van der Waals surface area contributed by atoms with Gasteiger partial charge in [-0.2, -0.15) is 5.09 Å². The zero-order valence-corrected chi connectivity index (χ0v) is 22.4. The Bertz CT molecular complexity index is 1190. The van der Waals surface area contributed by atoms with Gasteiger partial charge in [0.1, 0.15) is 18.5 Å². The van der Waals surface area contributed by atoms with Gasteiger partial charge in [0.05, 0.1) is 18.8 Å². The van der Waals surface area contributed by atoms with Crippen molar-refractivity contribution in [2.24, 2.45) is 0 Å². The van der Waals surface area contributed by atoms with Gasteiger partial charge in [-0.25, -0.2) is 9.36 Å². The predicted molar refractivity (Wildman–Crippen MR) is 137 cm³/mol. The second-order valence-electron chi connectivity index (χ2n) is 7.74. The molecule has 37 heavy (non-hydrogen) atoms. The van der Waals surface area contributed by atoms with Crippen molar-refractivity contribution in [3.8, 4) is 17.6 Å². The maximum atomic E-state index is 13.2. The first-order chi connectivity index (χ1) is 17.5. The van der Waals surface area contributed by atoms with E-state index < -0.39 is 37.7 Å². The summed E-state index contributed by atoms with van der Waals surface area (Å²) in [6, 6.07) is 8.85. The number of rotatable bonds is 12. The lowest BCUT2D eigenvalue weighted by Crippen LogP contribution is -2.36. The summed E-state index contributed by atoms with van der Waals surface area (Å²) >= 11 is 0. The lowest BCUT2D eigenvalue weighted by molar-refractivity contribution is -0.149. The highest BCUT2D eigenvalue weighted by Gasteiger charge is 2.33. The molecule has 0 saturated carbocycles. The van der Waals surface area contributed by atoms with E-state index in [-0.39, 0.29) is 18.8 Å². The van der Waals surface area contributed by atoms with Crippen LogP contribution in [0, 0.1) is 11.8 Å². The molecular weight excluding hydrogens is 505 g/mol. The second kappa shape index (κ2) is 16.5. The number of aliphatic hydroxyl groups excluding tert-OH is 1. The van der Waals surface area contributed by atoms with E-state index in [4.69, 9.17) is 23.6 Å². The van der Waals surface area contributed by atoms with Crippen LogP contribution in [-0.2, 0) is 30.1 Å². The molecular formula is C24H34N3O9P. The number of H-pyrrole nitrogens is 1. The second-order valence-corrected chi connectivity index (χ2v) is 9.44. The quantitative estimate of drug-likeness (QED) is 0.207. The molecule has 2 aromatic rings. The minimum atomic E-state index is -3.87. The molecule has 0 fully saturated rings. The molecule has 1 unspecified atom stereocenters. The number of nitrogens with zero attached hydrogens (tertiary/aromatic N) is 1. The van der Waals surface area contributed by atoms with Crippen LogP contribution < -0.4 is 20.9 Å². The number of methoxy groups -OCH3 is 1. The van der Waals surface area contributed by atoms with Crippen molar-refractivity contribution in [1.82, 2.24) is 14.6 Å². The molecule has 1 heterocycles. The van der Waals surface area contributed by atoms with Gasteiger partial charge in [-0.05, 0) is 39.8 Å². The van der Waals surface area contributed by atoms with Crippen LogP contribution >= 0.6 is 7.75 Å². The molecule has 3 N–H and O–H groups in total. The molecule has 3 atom stereocenters. The Morgan fingerprint density at radius 2 is 1.86 bits per heavy atom. The minimum Gasteiger partial charge on any atom is -0.462 e. The van der Waals surface area contributed by atoms with Crippen LogP contribution in [0.25, 0.3) is 0 Å². The summed E-state index contributed by atoms with van der Waals surface area (Å²) in [6.07, 6.45) is 0.970. The van der Waals surface area contributed by atoms with Crippen LogP contribution in [0.2, 0.25) is 0 Å². The van der Waals surface area contributed by atoms with Crippen molar-refractivity contribution in [1.29, 1.82) is 0 Å². The first-order valence-electron chi connectivity index (χ1n) is 11.3. The molecule has 0 aliphatic rings. The van der Waals surface area contributed by atoms with Crippen molar-refractivity contribution in [2.75, 3.05) is 13.7 Å². The molecule has 0 bridgehead atoms. The van der Waals surface area contributed by atoms with Crippen LogP contribution in [0.5, 0.6) is 5.75 Å². The Hall–Kier alpha value is -3.20. The summed E-state index contributed by atoms with van der Waals surface area (Å²) in [5.41, 5.74) is -1.07. The molecule has 1 aromatic heterocycles. The van der Waals surface area contributed by atoms with E-state index >= 15 is 0 Å². The maximum Gasteiger partial charge on any atom is 0.459 e. The van der Waals surface area contributed by atoms with E-state index in [1.807, 2.05) is 4.98 Å². The molecule has 0 spiro atoms. The molecule has 0 radical (unpaired) electrons. The largest absolute Gasteiger partial charge is 0.462 e. The molecule has 2 rings (SSSR count). The summed E-state index contributed by atoms with van der Waals surface area (Å²) < 4.78 is 35.7. The van der Waals surface area contributed by atoms with E-state index in [9.17, 15) is 18.9 Å². The number of aliphatic hydroxyl groups is 1. The first kappa shape index (κ1) is 31.8. The zero-order chi connectivity index (χ0) is 27.8. The Balaban J connectivity index is 0.000000568. The van der Waals surface area contributed by atoms with Crippen molar-refractivity contribution >= 4 is 13.7 Å². The first-order valence-corrected chi connectivity index (χ1v) is 12.9. The number of para-hydroxylation sites is 1.